The molecule has 0 saturated heterocycles. The first-order chi connectivity index (χ1) is 13.4. The molecule has 7 nitrogen and oxygen atoms in total. The van der Waals surface area contributed by atoms with Gasteiger partial charge in [-0.15, -0.1) is 5.10 Å². The maximum Gasteiger partial charge on any atom is 0.184 e. The summed E-state index contributed by atoms with van der Waals surface area (Å²) in [5.41, 5.74) is 2.82. The fourth-order valence-corrected chi connectivity index (χ4v) is 3.62. The molecule has 0 radical (unpaired) electrons. The zero-order valence-corrected chi connectivity index (χ0v) is 18.2. The third-order valence-electron chi connectivity index (χ3n) is 4.72. The first kappa shape index (κ1) is 20.4. The highest BCUT2D eigenvalue weighted by molar-refractivity contribution is 9.10. The number of rotatable bonds is 8. The van der Waals surface area contributed by atoms with Crippen molar-refractivity contribution in [3.05, 3.63) is 34.1 Å². The lowest BCUT2D eigenvalue weighted by molar-refractivity contribution is 0.101. The SMILES string of the molecule is CCCC(C)CCn1nnc2c(Nc3ccc(C(C)=O)cc3Br)nc(C)nc21. The Labute approximate surface area is 173 Å². The number of aryl methyl sites for hydroxylation is 2. The Kier molecular flexibility index (Phi) is 6.39. The van der Waals surface area contributed by atoms with Gasteiger partial charge in [-0.2, -0.15) is 0 Å². The fourth-order valence-electron chi connectivity index (χ4n) is 3.15. The average molecular weight is 445 g/mol. The minimum absolute atomic E-state index is 0.0211. The normalized spacial score (nSPS) is 12.3. The minimum Gasteiger partial charge on any atom is -0.337 e. The van der Waals surface area contributed by atoms with Crippen LogP contribution < -0.4 is 5.32 Å². The van der Waals surface area contributed by atoms with Gasteiger partial charge in [0, 0.05) is 16.6 Å². The molecule has 0 spiro atoms. The summed E-state index contributed by atoms with van der Waals surface area (Å²) in [6.07, 6.45) is 3.43. The molecule has 1 atom stereocenters. The van der Waals surface area contributed by atoms with Crippen LogP contribution in [0.3, 0.4) is 0 Å². The van der Waals surface area contributed by atoms with Gasteiger partial charge in [0.25, 0.3) is 0 Å². The second-order valence-electron chi connectivity index (χ2n) is 7.16. The molecule has 0 aliphatic heterocycles. The molecule has 0 aliphatic rings. The number of hydrogen-bond acceptors (Lipinski definition) is 6. The molecule has 0 fully saturated rings. The Balaban J connectivity index is 1.89. The summed E-state index contributed by atoms with van der Waals surface area (Å²) in [7, 11) is 0. The monoisotopic (exact) mass is 444 g/mol. The van der Waals surface area contributed by atoms with E-state index in [2.05, 4.69) is 55.4 Å². The maximum absolute atomic E-state index is 11.6. The Morgan fingerprint density at radius 1 is 1.29 bits per heavy atom. The quantitative estimate of drug-likeness (QED) is 0.488. The standard InChI is InChI=1S/C20H25BrN6O/c1-5-6-12(2)9-10-27-20-18(25-26-27)19(22-14(4)23-20)24-17-8-7-15(13(3)28)11-16(17)21/h7-8,11-12H,5-6,9-10H2,1-4H3,(H,22,23,24). The van der Waals surface area contributed by atoms with Crippen LogP contribution in [0.15, 0.2) is 22.7 Å². The van der Waals surface area contributed by atoms with Crippen molar-refractivity contribution < 1.29 is 4.79 Å². The summed E-state index contributed by atoms with van der Waals surface area (Å²) in [4.78, 5) is 20.6. The molecule has 0 amide bonds. The highest BCUT2D eigenvalue weighted by Gasteiger charge is 2.15. The summed E-state index contributed by atoms with van der Waals surface area (Å²) in [6.45, 7) is 8.65. The zero-order valence-electron chi connectivity index (χ0n) is 16.7. The van der Waals surface area contributed by atoms with E-state index in [4.69, 9.17) is 0 Å². The van der Waals surface area contributed by atoms with Crippen LogP contribution in [-0.2, 0) is 6.54 Å². The lowest BCUT2D eigenvalue weighted by Crippen LogP contribution is -2.07. The number of fused-ring (bicyclic) bond motifs is 1. The number of Topliss-reactive ketones (excluding diaryl/α,β-unsaturated/α-hetero) is 1. The number of halogens is 1. The number of anilines is 2. The van der Waals surface area contributed by atoms with E-state index in [1.54, 1.807) is 19.1 Å². The van der Waals surface area contributed by atoms with Gasteiger partial charge in [-0.3, -0.25) is 4.79 Å². The molecule has 148 valence electrons. The third-order valence-corrected chi connectivity index (χ3v) is 5.37. The molecule has 28 heavy (non-hydrogen) atoms. The molecule has 3 rings (SSSR count). The number of benzene rings is 1. The highest BCUT2D eigenvalue weighted by Crippen LogP contribution is 2.29. The molecule has 0 aliphatic carbocycles. The van der Waals surface area contributed by atoms with Gasteiger partial charge in [-0.1, -0.05) is 31.9 Å². The Bertz CT molecular complexity index is 1000. The van der Waals surface area contributed by atoms with Crippen LogP contribution in [0.2, 0.25) is 0 Å². The lowest BCUT2D eigenvalue weighted by atomic mass is 10.0. The van der Waals surface area contributed by atoms with E-state index in [9.17, 15) is 4.79 Å². The van der Waals surface area contributed by atoms with Crippen molar-refractivity contribution in [3.63, 3.8) is 0 Å². The molecule has 1 unspecified atom stereocenters. The van der Waals surface area contributed by atoms with Crippen molar-refractivity contribution in [2.45, 2.75) is 53.5 Å². The number of carbonyl (C=O) groups is 1. The van der Waals surface area contributed by atoms with Crippen LogP contribution in [0, 0.1) is 12.8 Å². The van der Waals surface area contributed by atoms with Crippen LogP contribution >= 0.6 is 15.9 Å². The molecule has 0 saturated carbocycles. The second kappa shape index (κ2) is 8.77. The van der Waals surface area contributed by atoms with Gasteiger partial charge in [0.2, 0.25) is 0 Å². The molecule has 8 heteroatoms. The average Bonchev–Trinajstić information content (AvgIpc) is 3.04. The second-order valence-corrected chi connectivity index (χ2v) is 8.02. The van der Waals surface area contributed by atoms with E-state index in [1.807, 2.05) is 17.7 Å². The van der Waals surface area contributed by atoms with Gasteiger partial charge in [-0.05, 0) is 60.3 Å². The van der Waals surface area contributed by atoms with E-state index < -0.39 is 0 Å². The number of aromatic nitrogens is 5. The van der Waals surface area contributed by atoms with E-state index in [0.29, 0.717) is 28.6 Å². The maximum atomic E-state index is 11.6. The van der Waals surface area contributed by atoms with Gasteiger partial charge in [-0.25, -0.2) is 14.6 Å². The number of ketones is 1. The molecule has 2 heterocycles. The third kappa shape index (κ3) is 4.55. The van der Waals surface area contributed by atoms with Gasteiger partial charge in [0.15, 0.2) is 22.8 Å². The largest absolute Gasteiger partial charge is 0.337 e. The number of carbonyl (C=O) groups excluding carboxylic acids is 1. The molecule has 2 aromatic heterocycles. The van der Waals surface area contributed by atoms with Crippen molar-refractivity contribution in [2.75, 3.05) is 5.32 Å². The number of nitrogens with zero attached hydrogens (tertiary/aromatic N) is 5. The highest BCUT2D eigenvalue weighted by atomic mass is 79.9. The smallest absolute Gasteiger partial charge is 0.184 e. The van der Waals surface area contributed by atoms with Crippen LogP contribution in [0.1, 0.15) is 56.2 Å². The van der Waals surface area contributed by atoms with Crippen molar-refractivity contribution in [1.29, 1.82) is 0 Å². The van der Waals surface area contributed by atoms with Crippen molar-refractivity contribution in [3.8, 4) is 0 Å². The van der Waals surface area contributed by atoms with Gasteiger partial charge < -0.3 is 5.32 Å². The van der Waals surface area contributed by atoms with Gasteiger partial charge >= 0.3 is 0 Å². The Morgan fingerprint density at radius 3 is 2.75 bits per heavy atom. The van der Waals surface area contributed by atoms with E-state index in [0.717, 1.165) is 28.8 Å². The Morgan fingerprint density at radius 2 is 2.07 bits per heavy atom. The predicted molar refractivity (Wildman–Crippen MR) is 114 cm³/mol. The summed E-state index contributed by atoms with van der Waals surface area (Å²) >= 11 is 3.52. The molecular formula is C20H25BrN6O. The molecule has 1 aromatic carbocycles. The number of nitrogens with one attached hydrogen (secondary N) is 1. The molecular weight excluding hydrogens is 420 g/mol. The van der Waals surface area contributed by atoms with Crippen molar-refractivity contribution in [2.24, 2.45) is 5.92 Å². The van der Waals surface area contributed by atoms with E-state index in [1.165, 1.54) is 12.8 Å². The first-order valence-corrected chi connectivity index (χ1v) is 10.3. The van der Waals surface area contributed by atoms with Crippen LogP contribution in [0.25, 0.3) is 11.2 Å². The first-order valence-electron chi connectivity index (χ1n) is 9.54. The Hall–Kier alpha value is -2.35. The number of hydrogen-bond donors (Lipinski definition) is 1. The van der Waals surface area contributed by atoms with E-state index in [-0.39, 0.29) is 5.78 Å². The van der Waals surface area contributed by atoms with Crippen LogP contribution in [-0.4, -0.2) is 30.7 Å². The molecule has 0 bridgehead atoms. The predicted octanol–water partition coefficient (Wildman–Crippen LogP) is 5.06. The van der Waals surface area contributed by atoms with Gasteiger partial charge in [0.1, 0.15) is 5.82 Å². The summed E-state index contributed by atoms with van der Waals surface area (Å²) in [5.74, 6) is 1.91. The van der Waals surface area contributed by atoms with E-state index >= 15 is 0 Å². The summed E-state index contributed by atoms with van der Waals surface area (Å²) < 4.78 is 2.64. The van der Waals surface area contributed by atoms with Crippen molar-refractivity contribution in [1.82, 2.24) is 25.0 Å². The summed E-state index contributed by atoms with van der Waals surface area (Å²) in [5, 5.41) is 11.9. The van der Waals surface area contributed by atoms with Crippen LogP contribution in [0.5, 0.6) is 0 Å². The topological polar surface area (TPSA) is 85.6 Å². The fraction of sp³-hybridized carbons (Fsp3) is 0.450. The van der Waals surface area contributed by atoms with Crippen LogP contribution in [0.4, 0.5) is 11.5 Å². The summed E-state index contributed by atoms with van der Waals surface area (Å²) in [6, 6.07) is 5.43. The van der Waals surface area contributed by atoms with Crippen molar-refractivity contribution >= 4 is 44.4 Å². The molecule has 1 N–H and O–H groups in total. The lowest BCUT2D eigenvalue weighted by Gasteiger charge is -2.11. The minimum atomic E-state index is 0.0211. The zero-order chi connectivity index (χ0) is 20.3. The molecule has 3 aromatic rings. The van der Waals surface area contributed by atoms with Gasteiger partial charge in [0.05, 0.1) is 5.69 Å².